The zero-order valence-electron chi connectivity index (χ0n) is 17.9. The predicted molar refractivity (Wildman–Crippen MR) is 127 cm³/mol. The Bertz CT molecular complexity index is 1200. The minimum atomic E-state index is -3.99. The highest BCUT2D eigenvalue weighted by Crippen LogP contribution is 2.27. The summed E-state index contributed by atoms with van der Waals surface area (Å²) in [5.41, 5.74) is 3.48. The Labute approximate surface area is 193 Å². The smallest absolute Gasteiger partial charge is 0.263 e. The zero-order valence-corrected chi connectivity index (χ0v) is 19.5. The van der Waals surface area contributed by atoms with Crippen LogP contribution in [0.1, 0.15) is 27.0 Å². The Hall–Kier alpha value is -2.87. The Morgan fingerprint density at radius 1 is 1.00 bits per heavy atom. The number of anilines is 1. The molecule has 0 bridgehead atoms. The van der Waals surface area contributed by atoms with E-state index in [1.165, 1.54) is 18.2 Å². The number of carbonyl (C=O) groups excluding carboxylic acids is 1. The molecule has 0 radical (unpaired) electrons. The summed E-state index contributed by atoms with van der Waals surface area (Å²) >= 11 is 6.16. The fourth-order valence-corrected chi connectivity index (χ4v) is 4.66. The van der Waals surface area contributed by atoms with Gasteiger partial charge in [0.05, 0.1) is 23.9 Å². The summed E-state index contributed by atoms with van der Waals surface area (Å²) in [6.45, 7) is 4.79. The van der Waals surface area contributed by atoms with Crippen LogP contribution in [0.15, 0.2) is 71.6 Å². The fraction of sp³-hybridized carbons (Fsp3) is 0.208. The molecule has 0 atom stereocenters. The van der Waals surface area contributed by atoms with Gasteiger partial charge in [-0.25, -0.2) is 8.42 Å². The number of ether oxygens (including phenoxy) is 1. The number of rotatable bonds is 9. The van der Waals surface area contributed by atoms with Gasteiger partial charge in [-0.15, -0.1) is 0 Å². The first-order chi connectivity index (χ1) is 15.3. The monoisotopic (exact) mass is 472 g/mol. The molecular formula is C24H25ClN2O4S. The van der Waals surface area contributed by atoms with Crippen LogP contribution in [-0.4, -0.2) is 27.5 Å². The first kappa shape index (κ1) is 23.8. The number of nitrogens with one attached hydrogen (secondary N) is 2. The normalized spacial score (nSPS) is 11.2. The lowest BCUT2D eigenvalue weighted by Crippen LogP contribution is -2.27. The summed E-state index contributed by atoms with van der Waals surface area (Å²) in [4.78, 5) is 12.3. The van der Waals surface area contributed by atoms with Gasteiger partial charge in [-0.05, 0) is 54.8 Å². The minimum Gasteiger partial charge on any atom is -0.375 e. The molecule has 0 aliphatic rings. The molecule has 8 heteroatoms. The summed E-state index contributed by atoms with van der Waals surface area (Å²) in [5, 5.41) is 2.76. The molecular weight excluding hydrogens is 448 g/mol. The fourth-order valence-electron chi connectivity index (χ4n) is 3.01. The van der Waals surface area contributed by atoms with Crippen LogP contribution in [0, 0.1) is 13.8 Å². The van der Waals surface area contributed by atoms with Gasteiger partial charge in [0.1, 0.15) is 4.90 Å². The van der Waals surface area contributed by atoms with Crippen LogP contribution in [0.4, 0.5) is 5.69 Å². The van der Waals surface area contributed by atoms with Gasteiger partial charge in [-0.2, -0.15) is 0 Å². The van der Waals surface area contributed by atoms with E-state index in [1.54, 1.807) is 12.1 Å². The van der Waals surface area contributed by atoms with Gasteiger partial charge < -0.3 is 10.1 Å². The quantitative estimate of drug-likeness (QED) is 0.442. The zero-order chi connectivity index (χ0) is 23.1. The van der Waals surface area contributed by atoms with Crippen molar-refractivity contribution in [3.63, 3.8) is 0 Å². The lowest BCUT2D eigenvalue weighted by atomic mass is 10.1. The molecule has 0 aliphatic carbocycles. The average molecular weight is 473 g/mol. The van der Waals surface area contributed by atoms with E-state index >= 15 is 0 Å². The first-order valence-electron chi connectivity index (χ1n) is 10.1. The highest BCUT2D eigenvalue weighted by Gasteiger charge is 2.21. The van der Waals surface area contributed by atoms with Crippen molar-refractivity contribution >= 4 is 33.2 Å². The second-order valence-corrected chi connectivity index (χ2v) is 9.35. The van der Waals surface area contributed by atoms with Crippen molar-refractivity contribution in [1.29, 1.82) is 0 Å². The average Bonchev–Trinajstić information content (AvgIpc) is 2.77. The van der Waals surface area contributed by atoms with E-state index in [1.807, 2.05) is 50.2 Å². The molecule has 0 spiro atoms. The molecule has 0 aromatic heterocycles. The van der Waals surface area contributed by atoms with Gasteiger partial charge in [0.2, 0.25) is 0 Å². The maximum Gasteiger partial charge on any atom is 0.263 e. The Morgan fingerprint density at radius 3 is 2.50 bits per heavy atom. The SMILES string of the molecule is Cc1cccc(NS(=O)(=O)c2cc(C(=O)NCCOCc3ccccc3)ccc2Cl)c1C. The van der Waals surface area contributed by atoms with Crippen molar-refractivity contribution in [2.75, 3.05) is 17.9 Å². The maximum atomic E-state index is 12.9. The summed E-state index contributed by atoms with van der Waals surface area (Å²) in [6, 6.07) is 19.2. The van der Waals surface area contributed by atoms with Gasteiger partial charge in [-0.1, -0.05) is 54.1 Å². The van der Waals surface area contributed by atoms with Crippen molar-refractivity contribution in [3.8, 4) is 0 Å². The molecule has 3 aromatic carbocycles. The third kappa shape index (κ3) is 6.09. The summed E-state index contributed by atoms with van der Waals surface area (Å²) in [6.07, 6.45) is 0. The molecule has 0 saturated carbocycles. The minimum absolute atomic E-state index is 0.0329. The van der Waals surface area contributed by atoms with Crippen molar-refractivity contribution in [3.05, 3.63) is 94.0 Å². The van der Waals surface area contributed by atoms with E-state index in [9.17, 15) is 13.2 Å². The number of hydrogen-bond acceptors (Lipinski definition) is 4. The maximum absolute atomic E-state index is 12.9. The Balaban J connectivity index is 1.64. The second-order valence-electron chi connectivity index (χ2n) is 7.29. The van der Waals surface area contributed by atoms with Crippen LogP contribution in [0.25, 0.3) is 0 Å². The molecule has 0 heterocycles. The van der Waals surface area contributed by atoms with E-state index in [2.05, 4.69) is 10.0 Å². The van der Waals surface area contributed by atoms with E-state index in [4.69, 9.17) is 16.3 Å². The predicted octanol–water partition coefficient (Wildman–Crippen LogP) is 4.70. The molecule has 0 aliphatic heterocycles. The molecule has 32 heavy (non-hydrogen) atoms. The number of sulfonamides is 1. The molecule has 0 unspecified atom stereocenters. The van der Waals surface area contributed by atoms with Crippen LogP contribution in [0.5, 0.6) is 0 Å². The summed E-state index contributed by atoms with van der Waals surface area (Å²) in [7, 11) is -3.99. The highest BCUT2D eigenvalue weighted by atomic mass is 35.5. The van der Waals surface area contributed by atoms with E-state index in [0.717, 1.165) is 16.7 Å². The van der Waals surface area contributed by atoms with Gasteiger partial charge in [0.25, 0.3) is 15.9 Å². The van der Waals surface area contributed by atoms with Crippen molar-refractivity contribution < 1.29 is 17.9 Å². The number of benzene rings is 3. The molecule has 3 rings (SSSR count). The third-order valence-electron chi connectivity index (χ3n) is 4.98. The lowest BCUT2D eigenvalue weighted by molar-refractivity contribution is 0.0900. The molecule has 1 amide bonds. The molecule has 3 aromatic rings. The first-order valence-corrected chi connectivity index (χ1v) is 11.9. The standard InChI is InChI=1S/C24H25ClN2O4S/c1-17-7-6-10-22(18(17)2)27-32(29,30)23-15-20(11-12-21(23)25)24(28)26-13-14-31-16-19-8-4-3-5-9-19/h3-12,15,27H,13-14,16H2,1-2H3,(H,26,28). The molecule has 6 nitrogen and oxygen atoms in total. The van der Waals surface area contributed by atoms with E-state index < -0.39 is 15.9 Å². The van der Waals surface area contributed by atoms with Crippen molar-refractivity contribution in [2.24, 2.45) is 0 Å². The van der Waals surface area contributed by atoms with Gasteiger partial charge in [-0.3, -0.25) is 9.52 Å². The van der Waals surface area contributed by atoms with Crippen molar-refractivity contribution in [1.82, 2.24) is 5.32 Å². The molecule has 0 fully saturated rings. The summed E-state index contributed by atoms with van der Waals surface area (Å²) < 4.78 is 34.0. The van der Waals surface area contributed by atoms with Crippen LogP contribution >= 0.6 is 11.6 Å². The summed E-state index contributed by atoms with van der Waals surface area (Å²) in [5.74, 6) is -0.409. The van der Waals surface area contributed by atoms with Gasteiger partial charge in [0.15, 0.2) is 0 Å². The lowest BCUT2D eigenvalue weighted by Gasteiger charge is -2.14. The van der Waals surface area contributed by atoms with E-state index in [-0.39, 0.29) is 22.0 Å². The van der Waals surface area contributed by atoms with Gasteiger partial charge >= 0.3 is 0 Å². The Kier molecular flexibility index (Phi) is 7.90. The number of carbonyl (C=O) groups is 1. The van der Waals surface area contributed by atoms with Crippen molar-refractivity contribution in [2.45, 2.75) is 25.3 Å². The van der Waals surface area contributed by atoms with Crippen LogP contribution < -0.4 is 10.0 Å². The number of hydrogen-bond donors (Lipinski definition) is 2. The molecule has 2 N–H and O–H groups in total. The largest absolute Gasteiger partial charge is 0.375 e. The topological polar surface area (TPSA) is 84.5 Å². The highest BCUT2D eigenvalue weighted by molar-refractivity contribution is 7.92. The number of aryl methyl sites for hydroxylation is 1. The van der Waals surface area contributed by atoms with Crippen LogP contribution in [0.3, 0.4) is 0 Å². The van der Waals surface area contributed by atoms with E-state index in [0.29, 0.717) is 18.9 Å². The number of halogens is 1. The van der Waals surface area contributed by atoms with Gasteiger partial charge in [0, 0.05) is 12.1 Å². The molecule has 168 valence electrons. The van der Waals surface area contributed by atoms with Crippen LogP contribution in [0.2, 0.25) is 5.02 Å². The Morgan fingerprint density at radius 2 is 1.75 bits per heavy atom. The van der Waals surface area contributed by atoms with Crippen LogP contribution in [-0.2, 0) is 21.4 Å². The second kappa shape index (κ2) is 10.6. The third-order valence-corrected chi connectivity index (χ3v) is 6.82. The number of amides is 1. The molecule has 0 saturated heterocycles.